The van der Waals surface area contributed by atoms with Crippen LogP contribution in [0.2, 0.25) is 0 Å². The molecule has 0 saturated carbocycles. The number of hydrogen-bond acceptors (Lipinski definition) is 4. The summed E-state index contributed by atoms with van der Waals surface area (Å²) in [5, 5.41) is 11.1. The van der Waals surface area contributed by atoms with Crippen LogP contribution >= 0.6 is 11.8 Å². The molecule has 0 rings (SSSR count). The fourth-order valence-electron chi connectivity index (χ4n) is 0.675. The summed E-state index contributed by atoms with van der Waals surface area (Å²) in [7, 11) is 0. The van der Waals surface area contributed by atoms with Crippen molar-refractivity contribution in [1.82, 2.24) is 5.32 Å². The van der Waals surface area contributed by atoms with Crippen molar-refractivity contribution in [3.05, 3.63) is 0 Å². The lowest BCUT2D eigenvalue weighted by Crippen LogP contribution is -2.23. The Labute approximate surface area is 85.0 Å². The highest BCUT2D eigenvalue weighted by Gasteiger charge is 2.27. The van der Waals surface area contributed by atoms with Crippen molar-refractivity contribution < 1.29 is 23.0 Å². The standard InChI is InChI=1S/C7H14F3NO2S/c8-7(9,10)14-6-2-11-1-4-13-5-3-12/h11-12H,1-6H2. The molecule has 0 aliphatic rings. The summed E-state index contributed by atoms with van der Waals surface area (Å²) < 4.78 is 39.7. The number of aliphatic hydroxyl groups excluding tert-OH is 1. The first-order valence-corrected chi connectivity index (χ1v) is 5.15. The molecule has 0 amide bonds. The van der Waals surface area contributed by atoms with Gasteiger partial charge >= 0.3 is 5.51 Å². The number of nitrogens with one attached hydrogen (secondary N) is 1. The third-order valence-electron chi connectivity index (χ3n) is 1.20. The zero-order valence-electron chi connectivity index (χ0n) is 7.64. The van der Waals surface area contributed by atoms with Crippen LogP contribution in [0.25, 0.3) is 0 Å². The van der Waals surface area contributed by atoms with Gasteiger partial charge in [0.1, 0.15) is 0 Å². The van der Waals surface area contributed by atoms with Gasteiger partial charge < -0.3 is 15.2 Å². The van der Waals surface area contributed by atoms with E-state index in [-0.39, 0.29) is 30.7 Å². The lowest BCUT2D eigenvalue weighted by Gasteiger charge is -2.06. The monoisotopic (exact) mass is 233 g/mol. The van der Waals surface area contributed by atoms with Crippen molar-refractivity contribution in [2.45, 2.75) is 5.51 Å². The number of ether oxygens (including phenoxy) is 1. The van der Waals surface area contributed by atoms with Crippen LogP contribution in [0.5, 0.6) is 0 Å². The van der Waals surface area contributed by atoms with E-state index in [1.807, 2.05) is 0 Å². The second kappa shape index (κ2) is 8.34. The molecule has 7 heteroatoms. The predicted molar refractivity (Wildman–Crippen MR) is 49.3 cm³/mol. The highest BCUT2D eigenvalue weighted by molar-refractivity contribution is 8.00. The van der Waals surface area contributed by atoms with Crippen LogP contribution in [-0.2, 0) is 4.74 Å². The van der Waals surface area contributed by atoms with Gasteiger partial charge in [0.25, 0.3) is 0 Å². The SMILES string of the molecule is OCCOCCNCCSC(F)(F)F. The van der Waals surface area contributed by atoms with E-state index < -0.39 is 5.51 Å². The molecule has 0 aliphatic heterocycles. The molecule has 0 saturated heterocycles. The first kappa shape index (κ1) is 14.0. The predicted octanol–water partition coefficient (Wildman–Crippen LogP) is 0.838. The zero-order chi connectivity index (χ0) is 10.9. The van der Waals surface area contributed by atoms with Gasteiger partial charge in [-0.1, -0.05) is 0 Å². The Balaban J connectivity index is 2.99. The summed E-state index contributed by atoms with van der Waals surface area (Å²) >= 11 is -0.0414. The Morgan fingerprint density at radius 3 is 2.50 bits per heavy atom. The molecule has 0 aromatic carbocycles. The maximum atomic E-state index is 11.6. The van der Waals surface area contributed by atoms with E-state index in [1.165, 1.54) is 0 Å². The van der Waals surface area contributed by atoms with Gasteiger partial charge in [-0.05, 0) is 11.8 Å². The van der Waals surface area contributed by atoms with Crippen molar-refractivity contribution in [3.8, 4) is 0 Å². The molecule has 0 radical (unpaired) electrons. The van der Waals surface area contributed by atoms with Gasteiger partial charge in [0.15, 0.2) is 0 Å². The Morgan fingerprint density at radius 2 is 1.93 bits per heavy atom. The molecular weight excluding hydrogens is 219 g/mol. The van der Waals surface area contributed by atoms with Crippen LogP contribution in [0.3, 0.4) is 0 Å². The van der Waals surface area contributed by atoms with Crippen molar-refractivity contribution >= 4 is 11.8 Å². The van der Waals surface area contributed by atoms with Crippen molar-refractivity contribution in [3.63, 3.8) is 0 Å². The van der Waals surface area contributed by atoms with E-state index in [0.717, 1.165) is 0 Å². The van der Waals surface area contributed by atoms with Crippen molar-refractivity contribution in [1.29, 1.82) is 0 Å². The topological polar surface area (TPSA) is 41.5 Å². The summed E-state index contributed by atoms with van der Waals surface area (Å²) in [4.78, 5) is 0. The fourth-order valence-corrected chi connectivity index (χ4v) is 1.15. The Hall–Kier alpha value is 0.0200. The van der Waals surface area contributed by atoms with Gasteiger partial charge in [-0.2, -0.15) is 13.2 Å². The van der Waals surface area contributed by atoms with Gasteiger partial charge in [0, 0.05) is 18.8 Å². The molecule has 0 aromatic rings. The molecule has 2 N–H and O–H groups in total. The molecule has 0 atom stereocenters. The molecule has 0 spiro atoms. The van der Waals surface area contributed by atoms with Gasteiger partial charge in [-0.15, -0.1) is 0 Å². The average molecular weight is 233 g/mol. The van der Waals surface area contributed by atoms with Gasteiger partial charge in [0.2, 0.25) is 0 Å². The van der Waals surface area contributed by atoms with E-state index in [4.69, 9.17) is 9.84 Å². The molecule has 0 aromatic heterocycles. The number of alkyl halides is 3. The normalized spacial score (nSPS) is 12.0. The number of hydrogen-bond donors (Lipinski definition) is 2. The highest BCUT2D eigenvalue weighted by atomic mass is 32.2. The molecule has 0 heterocycles. The molecular formula is C7H14F3NO2S. The molecule has 86 valence electrons. The number of rotatable bonds is 8. The zero-order valence-corrected chi connectivity index (χ0v) is 8.46. The lowest BCUT2D eigenvalue weighted by molar-refractivity contribution is -0.0327. The molecule has 3 nitrogen and oxygen atoms in total. The summed E-state index contributed by atoms with van der Waals surface area (Å²) in [6.45, 7) is 1.42. The maximum Gasteiger partial charge on any atom is 0.441 e. The van der Waals surface area contributed by atoms with E-state index in [0.29, 0.717) is 19.7 Å². The number of halogens is 3. The van der Waals surface area contributed by atoms with E-state index in [2.05, 4.69) is 5.32 Å². The van der Waals surface area contributed by atoms with E-state index in [1.54, 1.807) is 0 Å². The number of thioether (sulfide) groups is 1. The second-order valence-corrected chi connectivity index (χ2v) is 3.54. The van der Waals surface area contributed by atoms with Crippen LogP contribution < -0.4 is 5.32 Å². The summed E-state index contributed by atoms with van der Waals surface area (Å²) in [5.74, 6) is 0.00347. The average Bonchev–Trinajstić information content (AvgIpc) is 2.08. The third-order valence-corrected chi connectivity index (χ3v) is 1.94. The molecule has 14 heavy (non-hydrogen) atoms. The van der Waals surface area contributed by atoms with Crippen LogP contribution in [0, 0.1) is 0 Å². The minimum Gasteiger partial charge on any atom is -0.394 e. The van der Waals surface area contributed by atoms with Crippen molar-refractivity contribution in [2.24, 2.45) is 0 Å². The first-order valence-electron chi connectivity index (χ1n) is 4.16. The number of aliphatic hydroxyl groups is 1. The lowest BCUT2D eigenvalue weighted by atomic mass is 10.6. The van der Waals surface area contributed by atoms with Crippen LogP contribution in [0.4, 0.5) is 13.2 Å². The fraction of sp³-hybridized carbons (Fsp3) is 1.00. The van der Waals surface area contributed by atoms with Crippen molar-refractivity contribution in [2.75, 3.05) is 38.7 Å². The van der Waals surface area contributed by atoms with Gasteiger partial charge in [-0.3, -0.25) is 0 Å². The molecule has 0 bridgehead atoms. The van der Waals surface area contributed by atoms with E-state index in [9.17, 15) is 13.2 Å². The Kier molecular flexibility index (Phi) is 8.35. The smallest absolute Gasteiger partial charge is 0.394 e. The minimum absolute atomic E-state index is 0.00347. The summed E-state index contributed by atoms with van der Waals surface area (Å²) in [6.07, 6.45) is 0. The third kappa shape index (κ3) is 12.0. The largest absolute Gasteiger partial charge is 0.441 e. The summed E-state index contributed by atoms with van der Waals surface area (Å²) in [5.41, 5.74) is -4.14. The van der Waals surface area contributed by atoms with Crippen LogP contribution in [-0.4, -0.2) is 49.3 Å². The Morgan fingerprint density at radius 1 is 1.21 bits per heavy atom. The maximum absolute atomic E-state index is 11.6. The molecule has 0 aliphatic carbocycles. The molecule has 0 fully saturated rings. The quantitative estimate of drug-likeness (QED) is 0.610. The minimum atomic E-state index is -4.14. The first-order chi connectivity index (χ1) is 6.56. The highest BCUT2D eigenvalue weighted by Crippen LogP contribution is 2.29. The Bertz CT molecular complexity index is 135. The summed E-state index contributed by atoms with van der Waals surface area (Å²) in [6, 6.07) is 0. The second-order valence-electron chi connectivity index (χ2n) is 2.38. The van der Waals surface area contributed by atoms with Gasteiger partial charge in [-0.25, -0.2) is 0 Å². The van der Waals surface area contributed by atoms with Gasteiger partial charge in [0.05, 0.1) is 19.8 Å². The van der Waals surface area contributed by atoms with Crippen LogP contribution in [0.1, 0.15) is 0 Å². The molecule has 0 unspecified atom stereocenters. The van der Waals surface area contributed by atoms with E-state index >= 15 is 0 Å². The van der Waals surface area contributed by atoms with Crippen LogP contribution in [0.15, 0.2) is 0 Å².